The smallest absolute Gasteiger partial charge is 0.238 e. The third-order valence-corrected chi connectivity index (χ3v) is 9.61. The number of benzene rings is 2. The van der Waals surface area contributed by atoms with Crippen LogP contribution < -0.4 is 14.5 Å². The Labute approximate surface area is 249 Å². The molecular formula is C34H32N2O7. The first-order valence-corrected chi connectivity index (χ1v) is 14.7. The van der Waals surface area contributed by atoms with Gasteiger partial charge in [-0.3, -0.25) is 24.1 Å². The number of allylic oxidation sites excluding steroid dienone is 6. The van der Waals surface area contributed by atoms with Gasteiger partial charge >= 0.3 is 0 Å². The number of carbonyl (C=O) groups is 4. The van der Waals surface area contributed by atoms with Crippen LogP contribution in [0.2, 0.25) is 0 Å². The molecule has 4 atom stereocenters. The van der Waals surface area contributed by atoms with Gasteiger partial charge in [-0.1, -0.05) is 23.8 Å². The number of morpholine rings is 1. The highest BCUT2D eigenvalue weighted by atomic mass is 16.5. The lowest BCUT2D eigenvalue weighted by molar-refractivity contribution is -0.123. The summed E-state index contributed by atoms with van der Waals surface area (Å²) in [5.41, 5.74) is 3.75. The van der Waals surface area contributed by atoms with Crippen molar-refractivity contribution in [3.63, 3.8) is 0 Å². The number of phenols is 1. The number of imide groups is 1. The van der Waals surface area contributed by atoms with E-state index < -0.39 is 23.7 Å². The Bertz CT molecular complexity index is 1660. The van der Waals surface area contributed by atoms with E-state index in [-0.39, 0.29) is 41.3 Å². The summed E-state index contributed by atoms with van der Waals surface area (Å²) < 4.78 is 10.8. The van der Waals surface area contributed by atoms with Gasteiger partial charge in [0.2, 0.25) is 11.8 Å². The zero-order valence-corrected chi connectivity index (χ0v) is 24.0. The number of hydrogen-bond acceptors (Lipinski definition) is 8. The number of methoxy groups -OCH3 is 1. The minimum atomic E-state index is -0.741. The van der Waals surface area contributed by atoms with Crippen LogP contribution >= 0.6 is 0 Å². The number of para-hydroxylation sites is 1. The van der Waals surface area contributed by atoms with Crippen molar-refractivity contribution in [1.82, 2.24) is 0 Å². The summed E-state index contributed by atoms with van der Waals surface area (Å²) >= 11 is 0. The third-order valence-electron chi connectivity index (χ3n) is 9.61. The molecule has 9 heteroatoms. The van der Waals surface area contributed by atoms with E-state index in [1.807, 2.05) is 30.3 Å². The van der Waals surface area contributed by atoms with Crippen LogP contribution in [0.5, 0.6) is 11.5 Å². The molecule has 2 aromatic carbocycles. The first-order valence-electron chi connectivity index (χ1n) is 14.7. The molecule has 0 bridgehead atoms. The van der Waals surface area contributed by atoms with Crippen LogP contribution in [0.3, 0.4) is 0 Å². The van der Waals surface area contributed by atoms with Gasteiger partial charge in [0, 0.05) is 47.0 Å². The van der Waals surface area contributed by atoms with Gasteiger partial charge in [-0.05, 0) is 62.1 Å². The molecule has 0 radical (unpaired) electrons. The predicted octanol–water partition coefficient (Wildman–Crippen LogP) is 3.87. The van der Waals surface area contributed by atoms with Crippen molar-refractivity contribution in [2.24, 2.45) is 17.8 Å². The van der Waals surface area contributed by atoms with Crippen LogP contribution in [-0.4, -0.2) is 61.9 Å². The minimum Gasteiger partial charge on any atom is -0.504 e. The number of nitrogens with zero attached hydrogens (tertiary/aromatic N) is 2. The van der Waals surface area contributed by atoms with E-state index in [2.05, 4.69) is 4.90 Å². The Hall–Kier alpha value is -4.50. The van der Waals surface area contributed by atoms with Crippen LogP contribution in [0.25, 0.3) is 0 Å². The number of ether oxygens (including phenoxy) is 2. The second-order valence-electron chi connectivity index (χ2n) is 11.8. The molecule has 2 amide bonds. The molecule has 43 heavy (non-hydrogen) atoms. The fraction of sp³-hybridized carbons (Fsp3) is 0.353. The number of rotatable bonds is 4. The molecule has 0 aromatic heterocycles. The van der Waals surface area contributed by atoms with Crippen LogP contribution in [0, 0.1) is 17.8 Å². The number of ketones is 2. The van der Waals surface area contributed by atoms with Crippen LogP contribution in [0.1, 0.15) is 31.2 Å². The Balaban J connectivity index is 1.28. The lowest BCUT2D eigenvalue weighted by Crippen LogP contribution is -2.39. The van der Waals surface area contributed by atoms with Gasteiger partial charge in [0.1, 0.15) is 0 Å². The van der Waals surface area contributed by atoms with Gasteiger partial charge in [-0.2, -0.15) is 0 Å². The summed E-state index contributed by atoms with van der Waals surface area (Å²) in [5.74, 6) is -3.44. The molecule has 0 spiro atoms. The topological polar surface area (TPSA) is 113 Å². The zero-order chi connectivity index (χ0) is 30.0. The van der Waals surface area contributed by atoms with Crippen molar-refractivity contribution >= 4 is 34.8 Å². The molecule has 3 aliphatic carbocycles. The fourth-order valence-electron chi connectivity index (χ4n) is 7.54. The molecule has 5 aliphatic rings. The highest BCUT2D eigenvalue weighted by molar-refractivity contribution is 6.25. The SMILES string of the molecule is COc1cccc([C@H]2C3=CC[C@@H]4C(=O)N(c5ccc(N6CCOCC6)cc5)C(=O)[C@@H]4[C@@H]3CC3=C2C(=O)C(C)=CC3=O)c1O. The summed E-state index contributed by atoms with van der Waals surface area (Å²) in [7, 11) is 1.45. The lowest BCUT2D eigenvalue weighted by Gasteiger charge is -2.42. The van der Waals surface area contributed by atoms with Gasteiger partial charge < -0.3 is 19.5 Å². The number of hydrogen-bond donors (Lipinski definition) is 1. The quantitative estimate of drug-likeness (QED) is 0.330. The maximum Gasteiger partial charge on any atom is 0.238 e. The number of carbonyl (C=O) groups excluding carboxylic acids is 4. The van der Waals surface area contributed by atoms with Crippen molar-refractivity contribution in [3.05, 3.63) is 82.5 Å². The minimum absolute atomic E-state index is 0.117. The van der Waals surface area contributed by atoms with E-state index in [1.165, 1.54) is 18.1 Å². The molecule has 0 saturated carbocycles. The maximum atomic E-state index is 14.2. The zero-order valence-electron chi connectivity index (χ0n) is 24.0. The summed E-state index contributed by atoms with van der Waals surface area (Å²) in [6.07, 6.45) is 3.80. The van der Waals surface area contributed by atoms with Crippen LogP contribution in [0.4, 0.5) is 11.4 Å². The van der Waals surface area contributed by atoms with E-state index in [0.717, 1.165) is 24.4 Å². The number of anilines is 2. The Morgan fingerprint density at radius 2 is 1.65 bits per heavy atom. The molecule has 2 heterocycles. The molecule has 2 fully saturated rings. The largest absolute Gasteiger partial charge is 0.504 e. The van der Waals surface area contributed by atoms with Crippen LogP contribution in [0.15, 0.2) is 76.9 Å². The Morgan fingerprint density at radius 3 is 2.37 bits per heavy atom. The molecule has 220 valence electrons. The van der Waals surface area contributed by atoms with Crippen LogP contribution in [-0.2, 0) is 23.9 Å². The monoisotopic (exact) mass is 580 g/mol. The number of fused-ring (bicyclic) bond motifs is 3. The normalized spacial score (nSPS) is 27.0. The highest BCUT2D eigenvalue weighted by Gasteiger charge is 2.57. The predicted molar refractivity (Wildman–Crippen MR) is 158 cm³/mol. The highest BCUT2D eigenvalue weighted by Crippen LogP contribution is 2.57. The summed E-state index contributed by atoms with van der Waals surface area (Å²) in [6.45, 7) is 4.48. The first-order chi connectivity index (χ1) is 20.8. The third kappa shape index (κ3) is 4.17. The molecule has 9 nitrogen and oxygen atoms in total. The van der Waals surface area contributed by atoms with Crippen molar-refractivity contribution in [1.29, 1.82) is 0 Å². The number of amides is 2. The van der Waals surface area contributed by atoms with Crippen molar-refractivity contribution in [3.8, 4) is 11.5 Å². The molecule has 2 saturated heterocycles. The molecule has 2 aromatic rings. The summed E-state index contributed by atoms with van der Waals surface area (Å²) in [6, 6.07) is 12.5. The average molecular weight is 581 g/mol. The molecule has 7 rings (SSSR count). The average Bonchev–Trinajstić information content (AvgIpc) is 3.29. The molecule has 2 aliphatic heterocycles. The Morgan fingerprint density at radius 1 is 0.930 bits per heavy atom. The lowest BCUT2D eigenvalue weighted by atomic mass is 9.59. The van der Waals surface area contributed by atoms with Crippen molar-refractivity contribution < 1.29 is 33.8 Å². The standard InChI is InChI=1S/C34H32N2O7/c1-18-16-26(37)25-17-24-21(28(30(25)31(18)38)22-4-3-5-27(42-2)32(22)39)10-11-23-29(24)34(41)36(33(23)40)20-8-6-19(7-9-20)35-12-14-43-15-13-35/h3-10,16,23-24,28-29,39H,11-15,17H2,1-2H3/t23-,24+,28+,29-/m0/s1. The fourth-order valence-corrected chi connectivity index (χ4v) is 7.54. The van der Waals surface area contributed by atoms with E-state index in [0.29, 0.717) is 47.6 Å². The van der Waals surface area contributed by atoms with Gasteiger partial charge in [0.15, 0.2) is 23.1 Å². The van der Waals surface area contributed by atoms with E-state index >= 15 is 0 Å². The summed E-state index contributed by atoms with van der Waals surface area (Å²) in [5, 5.41) is 11.2. The van der Waals surface area contributed by atoms with Gasteiger partial charge in [-0.25, -0.2) is 0 Å². The molecule has 1 N–H and O–H groups in total. The van der Waals surface area contributed by atoms with E-state index in [9.17, 15) is 24.3 Å². The number of phenolic OH excluding ortho intramolecular Hbond substituents is 1. The molecule has 0 unspecified atom stereocenters. The Kier molecular flexibility index (Phi) is 6.58. The van der Waals surface area contributed by atoms with Crippen molar-refractivity contribution in [2.45, 2.75) is 25.7 Å². The van der Waals surface area contributed by atoms with Crippen molar-refractivity contribution in [2.75, 3.05) is 43.2 Å². The summed E-state index contributed by atoms with van der Waals surface area (Å²) in [4.78, 5) is 58.4. The molecular weight excluding hydrogens is 548 g/mol. The van der Waals surface area contributed by atoms with E-state index in [1.54, 1.807) is 25.1 Å². The second-order valence-corrected chi connectivity index (χ2v) is 11.8. The first kappa shape index (κ1) is 27.3. The van der Waals surface area contributed by atoms with Gasteiger partial charge in [0.05, 0.1) is 37.8 Å². The van der Waals surface area contributed by atoms with Gasteiger partial charge in [-0.15, -0.1) is 0 Å². The van der Waals surface area contributed by atoms with E-state index in [4.69, 9.17) is 9.47 Å². The number of aromatic hydroxyl groups is 1. The van der Waals surface area contributed by atoms with Gasteiger partial charge in [0.25, 0.3) is 0 Å². The second kappa shape index (κ2) is 10.3. The maximum absolute atomic E-state index is 14.2. The number of Topliss-reactive ketones (excluding diaryl/α,β-unsaturated/α-hetero) is 1.